The lowest BCUT2D eigenvalue weighted by Gasteiger charge is -2.45. The topological polar surface area (TPSA) is 268 Å². The average molecular weight is 1260 g/mol. The number of urea groups is 1. The second-order valence-corrected chi connectivity index (χ2v) is 26.3. The Labute approximate surface area is 535 Å². The maximum atomic E-state index is 14.0. The molecule has 24 nitrogen and oxygen atoms in total. The summed E-state index contributed by atoms with van der Waals surface area (Å²) in [5.41, 5.74) is 9.48. The molecule has 1 spiro atoms. The van der Waals surface area contributed by atoms with Crippen LogP contribution in [-0.4, -0.2) is 203 Å². The summed E-state index contributed by atoms with van der Waals surface area (Å²) < 4.78 is 13.9. The molecule has 6 fully saturated rings. The molecule has 7 aliphatic rings. The molecule has 486 valence electrons. The molecule has 2 aliphatic carbocycles. The number of rotatable bonds is 12. The molecule has 2 saturated carbocycles. The van der Waals surface area contributed by atoms with Crippen molar-refractivity contribution < 1.29 is 33.4 Å². The van der Waals surface area contributed by atoms with Gasteiger partial charge in [0.15, 0.2) is 12.2 Å². The number of carbonyl (C=O) groups is 5. The number of nitrogens with zero attached hydrogens (tertiary/aromatic N) is 11. The molecule has 6 amide bonds. The number of imidazole rings is 1. The van der Waals surface area contributed by atoms with Gasteiger partial charge in [-0.15, -0.1) is 0 Å². The maximum absolute atomic E-state index is 14.0. The van der Waals surface area contributed by atoms with E-state index in [1.54, 1.807) is 14.4 Å². The Kier molecular flexibility index (Phi) is 18.7. The number of aryl methyl sites for hydroxylation is 2. The summed E-state index contributed by atoms with van der Waals surface area (Å²) in [6.45, 7) is 11.5. The highest BCUT2D eigenvalue weighted by Gasteiger charge is 2.44. The van der Waals surface area contributed by atoms with Crippen LogP contribution in [0.2, 0.25) is 0 Å². The number of fused-ring (bicyclic) bond motifs is 4. The monoisotopic (exact) mass is 1250 g/mol. The van der Waals surface area contributed by atoms with Crippen LogP contribution in [0.5, 0.6) is 0 Å². The Morgan fingerprint density at radius 3 is 1.55 bits per heavy atom. The van der Waals surface area contributed by atoms with E-state index < -0.39 is 29.9 Å². The highest BCUT2D eigenvalue weighted by molar-refractivity contribution is 5.94. The molecule has 0 radical (unpaired) electrons. The molecule has 24 heteroatoms. The number of H-pyrrole nitrogens is 3. The van der Waals surface area contributed by atoms with E-state index in [-0.39, 0.29) is 42.4 Å². The lowest BCUT2D eigenvalue weighted by Crippen LogP contribution is -2.58. The van der Waals surface area contributed by atoms with Gasteiger partial charge in [-0.3, -0.25) is 24.0 Å². The number of aromatic nitrogens is 8. The van der Waals surface area contributed by atoms with E-state index in [0.717, 1.165) is 87.5 Å². The fraction of sp³-hybridized carbons (Fsp3) is 0.529. The molecule has 0 bridgehead atoms. The molecule has 92 heavy (non-hydrogen) atoms. The van der Waals surface area contributed by atoms with Crippen molar-refractivity contribution >= 4 is 57.8 Å². The van der Waals surface area contributed by atoms with Gasteiger partial charge >= 0.3 is 23.9 Å². The van der Waals surface area contributed by atoms with Gasteiger partial charge in [0.1, 0.15) is 22.1 Å². The smallest absolute Gasteiger partial charge is 0.410 e. The van der Waals surface area contributed by atoms with Crippen LogP contribution in [-0.2, 0) is 37.4 Å². The lowest BCUT2D eigenvalue weighted by atomic mass is 9.79. The predicted octanol–water partition coefficient (Wildman–Crippen LogP) is 8.20. The highest BCUT2D eigenvalue weighted by Crippen LogP contribution is 2.40. The number of hydrogen-bond donors (Lipinski definition) is 5. The van der Waals surface area contributed by atoms with Crippen molar-refractivity contribution in [1.82, 2.24) is 75.1 Å². The van der Waals surface area contributed by atoms with E-state index in [4.69, 9.17) is 9.47 Å². The molecule has 5 aliphatic heterocycles. The summed E-state index contributed by atoms with van der Waals surface area (Å²) >= 11 is 0. The summed E-state index contributed by atoms with van der Waals surface area (Å²) in [6, 6.07) is 26.3. The van der Waals surface area contributed by atoms with Crippen LogP contribution in [0.3, 0.4) is 0 Å². The number of piperidine rings is 2. The summed E-state index contributed by atoms with van der Waals surface area (Å²) in [5, 5.41) is 28.3. The van der Waals surface area contributed by atoms with Crippen LogP contribution in [0.1, 0.15) is 124 Å². The van der Waals surface area contributed by atoms with Gasteiger partial charge in [0, 0.05) is 127 Å². The zero-order chi connectivity index (χ0) is 63.3. The van der Waals surface area contributed by atoms with Crippen LogP contribution in [0.4, 0.5) is 20.1 Å². The molecule has 8 heterocycles. The van der Waals surface area contributed by atoms with Gasteiger partial charge < -0.3 is 44.7 Å². The van der Waals surface area contributed by atoms with E-state index in [2.05, 4.69) is 56.2 Å². The number of piperazine rings is 2. The zero-order valence-corrected chi connectivity index (χ0v) is 53.0. The second kappa shape index (κ2) is 27.7. The third-order valence-corrected chi connectivity index (χ3v) is 20.5. The van der Waals surface area contributed by atoms with Gasteiger partial charge in [0.05, 0.1) is 11.2 Å². The highest BCUT2D eigenvalue weighted by atomic mass is 16.6. The predicted molar refractivity (Wildman–Crippen MR) is 347 cm³/mol. The summed E-state index contributed by atoms with van der Waals surface area (Å²) in [4.78, 5) is 95.7. The van der Waals surface area contributed by atoms with Gasteiger partial charge in [-0.2, -0.15) is 30.8 Å². The Hall–Kier alpha value is -8.64. The fourth-order valence-electron chi connectivity index (χ4n) is 15.4. The van der Waals surface area contributed by atoms with E-state index in [1.807, 2.05) is 109 Å². The Morgan fingerprint density at radius 2 is 1.03 bits per heavy atom. The van der Waals surface area contributed by atoms with E-state index >= 15 is 0 Å². The molecule has 5 N–H and O–H groups in total. The molecule has 14 rings (SSSR count). The number of amides is 6. The normalized spacial score (nSPS) is 20.2. The number of likely N-dealkylation sites (tertiary alicyclic amines) is 2. The second-order valence-electron chi connectivity index (χ2n) is 26.3. The summed E-state index contributed by atoms with van der Waals surface area (Å²) in [7, 11) is 0. The number of carbonyl (C=O) groups excluding carboxylic acids is 5. The summed E-state index contributed by atoms with van der Waals surface area (Å²) in [6.07, 6.45) is 14.5. The average Bonchev–Trinajstić information content (AvgIpc) is 1.02. The van der Waals surface area contributed by atoms with Crippen molar-refractivity contribution in [1.29, 1.82) is 0 Å². The van der Waals surface area contributed by atoms with Gasteiger partial charge in [-0.05, 0) is 111 Å². The van der Waals surface area contributed by atoms with Crippen molar-refractivity contribution in [3.05, 3.63) is 123 Å². The largest absolute Gasteiger partial charge is 0.436 e. The van der Waals surface area contributed by atoms with Crippen LogP contribution in [0, 0.1) is 13.8 Å². The minimum absolute atomic E-state index is 0.0321. The van der Waals surface area contributed by atoms with Crippen molar-refractivity contribution in [3.8, 4) is 11.3 Å². The molecule has 3 aromatic heterocycles. The number of nitrogens with one attached hydrogen (secondary N) is 5. The SMILES string of the molecule is Cc1cc(CC(OC(=O)N2CCC(n3cc(-c4ccccc4)[nH]c3=O)CC2)C(=O)N2CCN(C3CCCCC3)CC2)cc2n[nH]nc12.Cc1cc(CC(OC(=O)N2CCC3(CC2)NC(=O)Nc2ccccc23)C(=O)N2CCN(C3CCCCC3)CC2)cc2n[nH]nc12. The van der Waals surface area contributed by atoms with Gasteiger partial charge in [-0.1, -0.05) is 99.2 Å². The quantitative estimate of drug-likeness (QED) is 0.0772. The first-order valence-corrected chi connectivity index (χ1v) is 33.4. The van der Waals surface area contributed by atoms with Crippen LogP contribution >= 0.6 is 0 Å². The number of benzene rings is 4. The third kappa shape index (κ3) is 13.8. The van der Waals surface area contributed by atoms with Crippen LogP contribution < -0.4 is 16.3 Å². The van der Waals surface area contributed by atoms with Crippen molar-refractivity contribution in [2.45, 2.75) is 152 Å². The van der Waals surface area contributed by atoms with Gasteiger partial charge in [0.25, 0.3) is 11.8 Å². The van der Waals surface area contributed by atoms with Crippen molar-refractivity contribution in [2.75, 3.05) is 83.9 Å². The third-order valence-electron chi connectivity index (χ3n) is 20.5. The number of anilines is 1. The lowest BCUT2D eigenvalue weighted by molar-refractivity contribution is -0.143. The first-order valence-electron chi connectivity index (χ1n) is 33.4. The molecular formula is C68H86N16O8. The Morgan fingerprint density at radius 1 is 0.543 bits per heavy atom. The first-order chi connectivity index (χ1) is 44.8. The molecular weight excluding hydrogens is 1170 g/mol. The van der Waals surface area contributed by atoms with Crippen molar-refractivity contribution in [2.24, 2.45) is 0 Å². The van der Waals surface area contributed by atoms with Crippen molar-refractivity contribution in [3.63, 3.8) is 0 Å². The molecule has 4 aromatic carbocycles. The van der Waals surface area contributed by atoms with Gasteiger partial charge in [0.2, 0.25) is 0 Å². The fourth-order valence-corrected chi connectivity index (χ4v) is 15.4. The van der Waals surface area contributed by atoms with E-state index in [9.17, 15) is 28.8 Å². The van der Waals surface area contributed by atoms with Gasteiger partial charge in [-0.25, -0.2) is 19.2 Å². The zero-order valence-electron chi connectivity index (χ0n) is 53.0. The standard InChI is InChI=1S/C35H44N8O4.C33H42N8O4/c1-24-20-25(21-29-32(24)38-39-37-29)22-31(33(44)41-18-16-40(17-19-41)27-10-6-3-7-11-27)47-35(46)42-14-12-28(13-15-42)43-23-30(36-34(43)45)26-8-4-2-5-9-26;1-22-19-23(20-27-29(22)37-38-36-27)21-28(30(42)40-17-15-39(16-18-40)24-7-3-2-4-8-24)45-32(44)41-13-11-33(12-14-41)25-9-5-6-10-26(25)34-31(43)35-33/h2,4-5,8-9,20-21,23,27-28,31H,3,6-7,10-19,22H2,1H3,(H,36,45)(H,37,38,39);5-6,9-10,19-20,24,28H,2-4,7-8,11-18,21H2,1H3,(H2,34,35,43)(H,36,37,38). The molecule has 7 aromatic rings. The maximum Gasteiger partial charge on any atom is 0.410 e. The van der Waals surface area contributed by atoms with Crippen LogP contribution in [0.25, 0.3) is 33.3 Å². The number of aromatic amines is 3. The minimum Gasteiger partial charge on any atom is -0.436 e. The Balaban J connectivity index is 0.000000168. The van der Waals surface area contributed by atoms with E-state index in [1.165, 1.54) is 64.2 Å². The van der Waals surface area contributed by atoms with E-state index in [0.29, 0.717) is 95.6 Å². The molecule has 2 atom stereocenters. The first kappa shape index (κ1) is 62.2. The summed E-state index contributed by atoms with van der Waals surface area (Å²) in [5.74, 6) is -0.306. The number of para-hydroxylation sites is 1. The molecule has 4 saturated heterocycles. The number of hydrogen-bond acceptors (Lipinski definition) is 14. The number of ether oxygens (including phenoxy) is 2. The minimum atomic E-state index is -0.960. The van der Waals surface area contributed by atoms with Crippen LogP contribution in [0.15, 0.2) is 89.9 Å². The molecule has 2 unspecified atom stereocenters. The Bertz CT molecular complexity index is 3800.